The summed E-state index contributed by atoms with van der Waals surface area (Å²) >= 11 is 0. The van der Waals surface area contributed by atoms with Gasteiger partial charge in [0.15, 0.2) is 17.3 Å². The maximum Gasteiger partial charge on any atom is 0.232 e. The van der Waals surface area contributed by atoms with Gasteiger partial charge < -0.3 is 14.2 Å². The van der Waals surface area contributed by atoms with E-state index in [1.165, 1.54) is 7.11 Å². The number of nitriles is 1. The van der Waals surface area contributed by atoms with Crippen LogP contribution in [0.3, 0.4) is 0 Å². The van der Waals surface area contributed by atoms with Gasteiger partial charge in [-0.05, 0) is 53.8 Å². The molecule has 0 fully saturated rings. The van der Waals surface area contributed by atoms with Crippen LogP contribution < -0.4 is 19.1 Å². The van der Waals surface area contributed by atoms with E-state index >= 15 is 0 Å². The van der Waals surface area contributed by atoms with Crippen molar-refractivity contribution in [2.75, 3.05) is 26.2 Å². The number of anilines is 1. The second-order valence-electron chi connectivity index (χ2n) is 9.40. The van der Waals surface area contributed by atoms with Crippen LogP contribution in [-0.4, -0.2) is 33.0 Å². The number of hydrogen-bond acceptors (Lipinski definition) is 6. The Morgan fingerprint density at radius 2 is 1.59 bits per heavy atom. The van der Waals surface area contributed by atoms with Gasteiger partial charge in [-0.2, -0.15) is 5.26 Å². The van der Waals surface area contributed by atoms with Gasteiger partial charge in [-0.15, -0.1) is 0 Å². The number of allylic oxidation sites excluding steroid dienone is 2. The van der Waals surface area contributed by atoms with Crippen LogP contribution in [-0.2, 0) is 9.59 Å². The first kappa shape index (κ1) is 23.4. The number of carbonyl (C=O) groups excluding carboxylic acids is 2. The Kier molecular flexibility index (Phi) is 6.09. The quantitative estimate of drug-likeness (QED) is 0.640. The van der Waals surface area contributed by atoms with Gasteiger partial charge in [-0.25, -0.2) is 0 Å². The van der Waals surface area contributed by atoms with Gasteiger partial charge in [0.2, 0.25) is 11.7 Å². The molecule has 34 heavy (non-hydrogen) atoms. The number of ketones is 1. The van der Waals surface area contributed by atoms with E-state index in [-0.39, 0.29) is 23.5 Å². The zero-order valence-electron chi connectivity index (χ0n) is 20.1. The van der Waals surface area contributed by atoms with Gasteiger partial charge in [0.1, 0.15) is 0 Å². The molecule has 1 aliphatic heterocycles. The predicted molar refractivity (Wildman–Crippen MR) is 127 cm³/mol. The van der Waals surface area contributed by atoms with E-state index in [1.54, 1.807) is 43.4 Å². The summed E-state index contributed by atoms with van der Waals surface area (Å²) in [5.41, 5.74) is 3.03. The second kappa shape index (κ2) is 8.86. The van der Waals surface area contributed by atoms with Crippen LogP contribution in [0.1, 0.15) is 50.2 Å². The van der Waals surface area contributed by atoms with Gasteiger partial charge in [-0.3, -0.25) is 14.5 Å². The van der Waals surface area contributed by atoms with Crippen molar-refractivity contribution in [3.8, 4) is 23.3 Å². The molecule has 2 aliphatic rings. The molecule has 0 bridgehead atoms. The Morgan fingerprint density at radius 3 is 2.12 bits per heavy atom. The van der Waals surface area contributed by atoms with Crippen LogP contribution in [0.4, 0.5) is 5.69 Å². The molecule has 2 aromatic rings. The summed E-state index contributed by atoms with van der Waals surface area (Å²) in [6.45, 7) is 4.08. The van der Waals surface area contributed by atoms with Crippen LogP contribution >= 0.6 is 0 Å². The average Bonchev–Trinajstić information content (AvgIpc) is 2.81. The van der Waals surface area contributed by atoms with Crippen LogP contribution in [0, 0.1) is 16.7 Å². The van der Waals surface area contributed by atoms with E-state index in [9.17, 15) is 9.59 Å². The first-order valence-electron chi connectivity index (χ1n) is 11.1. The number of ether oxygens (including phenoxy) is 3. The van der Waals surface area contributed by atoms with Crippen LogP contribution in [0.2, 0.25) is 0 Å². The lowest BCUT2D eigenvalue weighted by Gasteiger charge is -2.43. The van der Waals surface area contributed by atoms with E-state index in [1.807, 2.05) is 26.0 Å². The van der Waals surface area contributed by atoms with Crippen molar-refractivity contribution in [2.45, 2.75) is 39.0 Å². The summed E-state index contributed by atoms with van der Waals surface area (Å²) in [4.78, 5) is 28.7. The minimum absolute atomic E-state index is 0.0381. The third-order valence-electron chi connectivity index (χ3n) is 6.49. The van der Waals surface area contributed by atoms with Gasteiger partial charge >= 0.3 is 0 Å². The van der Waals surface area contributed by atoms with E-state index in [0.717, 1.165) is 11.3 Å². The molecule has 7 nitrogen and oxygen atoms in total. The lowest BCUT2D eigenvalue weighted by Crippen LogP contribution is -2.43. The summed E-state index contributed by atoms with van der Waals surface area (Å²) in [7, 11) is 4.62. The van der Waals surface area contributed by atoms with E-state index in [4.69, 9.17) is 19.5 Å². The summed E-state index contributed by atoms with van der Waals surface area (Å²) < 4.78 is 16.5. The molecule has 1 amide bonds. The summed E-state index contributed by atoms with van der Waals surface area (Å²) in [6, 6.07) is 12.6. The lowest BCUT2D eigenvalue weighted by atomic mass is 9.69. The fourth-order valence-electron chi connectivity index (χ4n) is 4.99. The van der Waals surface area contributed by atoms with Crippen molar-refractivity contribution < 1.29 is 23.8 Å². The van der Waals surface area contributed by atoms with E-state index in [2.05, 4.69) is 6.07 Å². The summed E-state index contributed by atoms with van der Waals surface area (Å²) in [5, 5.41) is 9.15. The zero-order valence-corrected chi connectivity index (χ0v) is 20.1. The van der Waals surface area contributed by atoms with E-state index in [0.29, 0.717) is 46.9 Å². The largest absolute Gasteiger partial charge is 0.493 e. The van der Waals surface area contributed by atoms with Crippen molar-refractivity contribution in [2.24, 2.45) is 5.41 Å². The van der Waals surface area contributed by atoms with Gasteiger partial charge in [0.25, 0.3) is 0 Å². The Labute approximate surface area is 199 Å². The Hall–Kier alpha value is -3.79. The highest BCUT2D eigenvalue weighted by Gasteiger charge is 2.44. The molecule has 1 aliphatic carbocycles. The fraction of sp³-hybridized carbons (Fsp3) is 0.370. The van der Waals surface area contributed by atoms with Gasteiger partial charge in [0, 0.05) is 35.7 Å². The van der Waals surface area contributed by atoms with Crippen molar-refractivity contribution in [3.05, 3.63) is 58.8 Å². The highest BCUT2D eigenvalue weighted by Crippen LogP contribution is 2.50. The second-order valence-corrected chi connectivity index (χ2v) is 9.40. The number of rotatable bonds is 5. The van der Waals surface area contributed by atoms with Crippen molar-refractivity contribution >= 4 is 17.4 Å². The number of benzene rings is 2. The van der Waals surface area contributed by atoms with E-state index < -0.39 is 5.92 Å². The molecule has 0 aromatic heterocycles. The monoisotopic (exact) mass is 460 g/mol. The Balaban J connectivity index is 1.91. The molecule has 1 heterocycles. The smallest absolute Gasteiger partial charge is 0.232 e. The van der Waals surface area contributed by atoms with Gasteiger partial charge in [0.05, 0.1) is 33.0 Å². The molecule has 7 heteroatoms. The SMILES string of the molecule is COc1cc(C2CC(=O)N(c3ccc(C#N)cc3)C3=C2C(=O)CC(C)(C)C3)cc(OC)c1OC. The van der Waals surface area contributed by atoms with Crippen molar-refractivity contribution in [1.29, 1.82) is 5.26 Å². The normalized spacial score (nSPS) is 19.4. The average molecular weight is 461 g/mol. The minimum atomic E-state index is -0.422. The first-order valence-corrected chi connectivity index (χ1v) is 11.1. The first-order chi connectivity index (χ1) is 16.2. The molecule has 0 spiro atoms. The molecule has 1 atom stereocenters. The molecular formula is C27H28N2O5. The highest BCUT2D eigenvalue weighted by molar-refractivity contribution is 6.07. The van der Waals surface area contributed by atoms with Gasteiger partial charge in [-0.1, -0.05) is 13.8 Å². The number of nitrogens with zero attached hydrogens (tertiary/aromatic N) is 2. The third-order valence-corrected chi connectivity index (χ3v) is 6.49. The van der Waals surface area contributed by atoms with Crippen molar-refractivity contribution in [3.63, 3.8) is 0 Å². The number of amides is 1. The van der Waals surface area contributed by atoms with Crippen LogP contribution in [0.5, 0.6) is 17.2 Å². The molecule has 4 rings (SSSR count). The van der Waals surface area contributed by atoms with Crippen LogP contribution in [0.15, 0.2) is 47.7 Å². The number of carbonyl (C=O) groups is 2. The molecule has 0 radical (unpaired) electrons. The van der Waals surface area contributed by atoms with Crippen LogP contribution in [0.25, 0.3) is 0 Å². The molecule has 0 N–H and O–H groups in total. The third kappa shape index (κ3) is 4.01. The zero-order chi connectivity index (χ0) is 24.6. The number of methoxy groups -OCH3 is 3. The molecule has 1 unspecified atom stereocenters. The number of hydrogen-bond donors (Lipinski definition) is 0. The molecule has 0 saturated heterocycles. The molecule has 176 valence electrons. The molecular weight excluding hydrogens is 432 g/mol. The summed E-state index contributed by atoms with van der Waals surface area (Å²) in [6.07, 6.45) is 1.12. The number of Topliss-reactive ketones (excluding diaryl/α,β-unsaturated/α-hetero) is 1. The standard InChI is InChI=1S/C27H28N2O5/c1-27(2)13-20-25(21(30)14-27)19(17-10-22(32-3)26(34-5)23(11-17)33-4)12-24(31)29(20)18-8-6-16(15-28)7-9-18/h6-11,19H,12-14H2,1-5H3. The fourth-order valence-corrected chi connectivity index (χ4v) is 4.99. The predicted octanol–water partition coefficient (Wildman–Crippen LogP) is 4.75. The van der Waals surface area contributed by atoms with Crippen molar-refractivity contribution in [1.82, 2.24) is 0 Å². The maximum absolute atomic E-state index is 13.6. The Bertz CT molecular complexity index is 1200. The maximum atomic E-state index is 13.6. The molecule has 2 aromatic carbocycles. The highest BCUT2D eigenvalue weighted by atomic mass is 16.5. The minimum Gasteiger partial charge on any atom is -0.493 e. The Morgan fingerprint density at radius 1 is 0.971 bits per heavy atom. The topological polar surface area (TPSA) is 88.9 Å². The summed E-state index contributed by atoms with van der Waals surface area (Å²) in [5.74, 6) is 0.924. The lowest BCUT2D eigenvalue weighted by molar-refractivity contribution is -0.121. The molecule has 0 saturated carbocycles.